The van der Waals surface area contributed by atoms with E-state index in [0.29, 0.717) is 30.5 Å². The highest BCUT2D eigenvalue weighted by Crippen LogP contribution is 2.29. The van der Waals surface area contributed by atoms with Crippen molar-refractivity contribution >= 4 is 15.7 Å². The maximum absolute atomic E-state index is 12.7. The second kappa shape index (κ2) is 5.43. The van der Waals surface area contributed by atoms with Crippen LogP contribution in [0.15, 0.2) is 23.1 Å². The fourth-order valence-electron chi connectivity index (χ4n) is 2.79. The molecule has 1 fully saturated rings. The Kier molecular flexibility index (Phi) is 4.02. The molecule has 20 heavy (non-hydrogen) atoms. The SMILES string of the molecule is CC1CC(C)CN(S(=O)(=O)c2ccc(C#N)cc2N)C1. The first-order valence-corrected chi connectivity index (χ1v) is 8.08. The molecule has 1 aromatic carbocycles. The van der Waals surface area contributed by atoms with Crippen LogP contribution in [0, 0.1) is 23.2 Å². The van der Waals surface area contributed by atoms with Crippen molar-refractivity contribution in [3.8, 4) is 6.07 Å². The number of nitriles is 1. The third-order valence-corrected chi connectivity index (χ3v) is 5.50. The normalized spacial score (nSPS) is 24.2. The van der Waals surface area contributed by atoms with Crippen molar-refractivity contribution in [2.24, 2.45) is 11.8 Å². The Balaban J connectivity index is 2.38. The van der Waals surface area contributed by atoms with E-state index in [1.165, 1.54) is 22.5 Å². The van der Waals surface area contributed by atoms with Gasteiger partial charge in [0, 0.05) is 13.1 Å². The van der Waals surface area contributed by atoms with E-state index >= 15 is 0 Å². The highest BCUT2D eigenvalue weighted by atomic mass is 32.2. The first-order valence-electron chi connectivity index (χ1n) is 6.64. The lowest BCUT2D eigenvalue weighted by molar-refractivity contribution is 0.222. The Morgan fingerprint density at radius 2 is 1.90 bits per heavy atom. The zero-order chi connectivity index (χ0) is 14.9. The van der Waals surface area contributed by atoms with Gasteiger partial charge in [0.05, 0.1) is 17.3 Å². The Labute approximate surface area is 120 Å². The first-order chi connectivity index (χ1) is 9.34. The van der Waals surface area contributed by atoms with Crippen LogP contribution >= 0.6 is 0 Å². The van der Waals surface area contributed by atoms with E-state index in [2.05, 4.69) is 13.8 Å². The topological polar surface area (TPSA) is 87.2 Å². The molecule has 108 valence electrons. The lowest BCUT2D eigenvalue weighted by Crippen LogP contribution is -2.42. The fourth-order valence-corrected chi connectivity index (χ4v) is 4.57. The van der Waals surface area contributed by atoms with Crippen LogP contribution < -0.4 is 5.73 Å². The van der Waals surface area contributed by atoms with Gasteiger partial charge in [0.25, 0.3) is 0 Å². The minimum Gasteiger partial charge on any atom is -0.398 e. The molecule has 1 heterocycles. The van der Waals surface area contributed by atoms with Gasteiger partial charge in [-0.25, -0.2) is 8.42 Å². The molecule has 0 bridgehead atoms. The molecular formula is C14H19N3O2S. The van der Waals surface area contributed by atoms with Gasteiger partial charge in [0.1, 0.15) is 4.90 Å². The Bertz CT molecular complexity index is 639. The lowest BCUT2D eigenvalue weighted by atomic mass is 9.94. The molecule has 0 aliphatic carbocycles. The number of hydrogen-bond acceptors (Lipinski definition) is 4. The van der Waals surface area contributed by atoms with E-state index in [0.717, 1.165) is 6.42 Å². The molecule has 2 N–H and O–H groups in total. The van der Waals surface area contributed by atoms with E-state index in [4.69, 9.17) is 11.0 Å². The zero-order valence-corrected chi connectivity index (χ0v) is 12.5. The molecule has 2 unspecified atom stereocenters. The molecule has 0 aromatic heterocycles. The summed E-state index contributed by atoms with van der Waals surface area (Å²) in [5.41, 5.74) is 6.30. The maximum atomic E-state index is 12.7. The first kappa shape index (κ1) is 14.8. The Morgan fingerprint density at radius 1 is 1.30 bits per heavy atom. The Hall–Kier alpha value is -1.58. The molecule has 1 aliphatic heterocycles. The summed E-state index contributed by atoms with van der Waals surface area (Å²) in [5.74, 6) is 0.682. The van der Waals surface area contributed by atoms with Crippen LogP contribution in [0.25, 0.3) is 0 Å². The zero-order valence-electron chi connectivity index (χ0n) is 11.7. The van der Waals surface area contributed by atoms with Gasteiger partial charge in [0.15, 0.2) is 0 Å². The van der Waals surface area contributed by atoms with Crippen molar-refractivity contribution in [3.05, 3.63) is 23.8 Å². The number of nitrogen functional groups attached to an aromatic ring is 1. The van der Waals surface area contributed by atoms with Gasteiger partial charge in [-0.3, -0.25) is 0 Å². The van der Waals surface area contributed by atoms with Crippen LogP contribution in [0.5, 0.6) is 0 Å². The van der Waals surface area contributed by atoms with E-state index < -0.39 is 10.0 Å². The van der Waals surface area contributed by atoms with E-state index in [1.54, 1.807) is 0 Å². The van der Waals surface area contributed by atoms with Crippen LogP contribution in [0.1, 0.15) is 25.8 Å². The molecular weight excluding hydrogens is 274 g/mol. The smallest absolute Gasteiger partial charge is 0.245 e. The summed E-state index contributed by atoms with van der Waals surface area (Å²) in [6.45, 7) is 5.15. The van der Waals surface area contributed by atoms with Crippen LogP contribution in [-0.4, -0.2) is 25.8 Å². The standard InChI is InChI=1S/C14H19N3O2S/c1-10-5-11(2)9-17(8-10)20(18,19)14-4-3-12(7-15)6-13(14)16/h3-4,6,10-11H,5,8-9,16H2,1-2H3. The third kappa shape index (κ3) is 2.79. The average Bonchev–Trinajstić information content (AvgIpc) is 2.37. The molecule has 1 aliphatic rings. The molecule has 2 atom stereocenters. The molecule has 0 saturated carbocycles. The lowest BCUT2D eigenvalue weighted by Gasteiger charge is -2.34. The number of nitrogens with zero attached hydrogens (tertiary/aromatic N) is 2. The van der Waals surface area contributed by atoms with Crippen molar-refractivity contribution in [2.45, 2.75) is 25.2 Å². The van der Waals surface area contributed by atoms with Gasteiger partial charge in [-0.2, -0.15) is 9.57 Å². The van der Waals surface area contributed by atoms with Gasteiger partial charge < -0.3 is 5.73 Å². The van der Waals surface area contributed by atoms with Crippen molar-refractivity contribution in [1.29, 1.82) is 5.26 Å². The van der Waals surface area contributed by atoms with Crippen molar-refractivity contribution in [3.63, 3.8) is 0 Å². The quantitative estimate of drug-likeness (QED) is 0.842. The Morgan fingerprint density at radius 3 is 2.40 bits per heavy atom. The minimum atomic E-state index is -3.58. The molecule has 0 amide bonds. The van der Waals surface area contributed by atoms with Crippen LogP contribution in [0.4, 0.5) is 5.69 Å². The van der Waals surface area contributed by atoms with Gasteiger partial charge in [-0.1, -0.05) is 13.8 Å². The average molecular weight is 293 g/mol. The fraction of sp³-hybridized carbons (Fsp3) is 0.500. The molecule has 6 heteroatoms. The number of hydrogen-bond donors (Lipinski definition) is 1. The summed E-state index contributed by atoms with van der Waals surface area (Å²) in [6.07, 6.45) is 1.04. The molecule has 1 aromatic rings. The summed E-state index contributed by atoms with van der Waals surface area (Å²) in [5, 5.41) is 8.81. The van der Waals surface area contributed by atoms with E-state index in [9.17, 15) is 8.42 Å². The summed E-state index contributed by atoms with van der Waals surface area (Å²) in [7, 11) is -3.58. The molecule has 5 nitrogen and oxygen atoms in total. The summed E-state index contributed by atoms with van der Waals surface area (Å²) in [6, 6.07) is 6.27. The number of sulfonamides is 1. The monoisotopic (exact) mass is 293 g/mol. The van der Waals surface area contributed by atoms with Gasteiger partial charge >= 0.3 is 0 Å². The highest BCUT2D eigenvalue weighted by molar-refractivity contribution is 7.89. The molecule has 2 rings (SSSR count). The number of benzene rings is 1. The number of piperidine rings is 1. The van der Waals surface area contributed by atoms with Crippen LogP contribution in [-0.2, 0) is 10.0 Å². The predicted octanol–water partition coefficient (Wildman–Crippen LogP) is 1.81. The van der Waals surface area contributed by atoms with Gasteiger partial charge in [0.2, 0.25) is 10.0 Å². The summed E-state index contributed by atoms with van der Waals surface area (Å²) >= 11 is 0. The number of nitrogens with two attached hydrogens (primary N) is 1. The van der Waals surface area contributed by atoms with E-state index in [-0.39, 0.29) is 10.6 Å². The van der Waals surface area contributed by atoms with Crippen LogP contribution in [0.2, 0.25) is 0 Å². The number of rotatable bonds is 2. The predicted molar refractivity (Wildman–Crippen MR) is 77.3 cm³/mol. The third-order valence-electron chi connectivity index (χ3n) is 3.59. The summed E-state index contributed by atoms with van der Waals surface area (Å²) < 4.78 is 26.8. The van der Waals surface area contributed by atoms with Crippen molar-refractivity contribution < 1.29 is 8.42 Å². The largest absolute Gasteiger partial charge is 0.398 e. The van der Waals surface area contributed by atoms with Gasteiger partial charge in [-0.15, -0.1) is 0 Å². The second-order valence-electron chi connectivity index (χ2n) is 5.63. The van der Waals surface area contributed by atoms with Crippen molar-refractivity contribution in [1.82, 2.24) is 4.31 Å². The second-order valence-corrected chi connectivity index (χ2v) is 7.54. The van der Waals surface area contributed by atoms with Crippen LogP contribution in [0.3, 0.4) is 0 Å². The number of anilines is 1. The molecule has 0 radical (unpaired) electrons. The van der Waals surface area contributed by atoms with Gasteiger partial charge in [-0.05, 0) is 36.5 Å². The molecule has 1 saturated heterocycles. The maximum Gasteiger partial charge on any atom is 0.245 e. The minimum absolute atomic E-state index is 0.0952. The van der Waals surface area contributed by atoms with Crippen molar-refractivity contribution in [2.75, 3.05) is 18.8 Å². The summed E-state index contributed by atoms with van der Waals surface area (Å²) in [4.78, 5) is 0.0952. The molecule has 0 spiro atoms. The van der Waals surface area contributed by atoms with E-state index in [1.807, 2.05) is 6.07 Å². The highest BCUT2D eigenvalue weighted by Gasteiger charge is 2.32.